The van der Waals surface area contributed by atoms with E-state index in [1.165, 1.54) is 4.90 Å². The second-order valence-electron chi connectivity index (χ2n) is 6.38. The fourth-order valence-corrected chi connectivity index (χ4v) is 2.69. The Labute approximate surface area is 149 Å². The molecule has 6 heteroatoms. The Kier molecular flexibility index (Phi) is 7.01. The van der Waals surface area contributed by atoms with Crippen LogP contribution in [0.15, 0.2) is 36.9 Å². The Morgan fingerprint density at radius 3 is 2.36 bits per heavy atom. The summed E-state index contributed by atoms with van der Waals surface area (Å²) >= 11 is 0. The van der Waals surface area contributed by atoms with E-state index in [0.717, 1.165) is 38.3 Å². The van der Waals surface area contributed by atoms with E-state index >= 15 is 0 Å². The number of amides is 2. The van der Waals surface area contributed by atoms with Gasteiger partial charge in [0.25, 0.3) is 0 Å². The first-order chi connectivity index (χ1) is 12.0. The van der Waals surface area contributed by atoms with Crippen molar-refractivity contribution in [2.75, 3.05) is 46.8 Å². The molecule has 1 fully saturated rings. The molecule has 136 valence electrons. The molecule has 2 amide bonds. The fourth-order valence-electron chi connectivity index (χ4n) is 2.69. The first kappa shape index (κ1) is 19.0. The molecule has 1 aromatic carbocycles. The molecule has 0 spiro atoms. The van der Waals surface area contributed by atoms with Crippen molar-refractivity contribution in [1.29, 1.82) is 0 Å². The van der Waals surface area contributed by atoms with E-state index in [1.807, 2.05) is 23.1 Å². The number of piperazine rings is 1. The highest BCUT2D eigenvalue weighted by atomic mass is 16.6. The van der Waals surface area contributed by atoms with E-state index in [2.05, 4.69) is 11.5 Å². The second-order valence-corrected chi connectivity index (χ2v) is 6.38. The lowest BCUT2D eigenvalue weighted by atomic mass is 10.1. The van der Waals surface area contributed by atoms with E-state index in [4.69, 9.17) is 4.74 Å². The third-order valence-electron chi connectivity index (χ3n) is 4.23. The topological polar surface area (TPSA) is 53.1 Å². The van der Waals surface area contributed by atoms with Crippen LogP contribution in [0.1, 0.15) is 12.0 Å². The minimum Gasteiger partial charge on any atom is -0.410 e. The van der Waals surface area contributed by atoms with Crippen molar-refractivity contribution in [3.63, 3.8) is 0 Å². The number of hydrogen-bond acceptors (Lipinski definition) is 4. The van der Waals surface area contributed by atoms with Crippen LogP contribution in [0.2, 0.25) is 0 Å². The number of aryl methyl sites for hydroxylation is 1. The highest BCUT2D eigenvalue weighted by Crippen LogP contribution is 2.15. The third-order valence-corrected chi connectivity index (χ3v) is 4.23. The molecule has 2 rings (SSSR count). The quantitative estimate of drug-likeness (QED) is 0.740. The molecular formula is C19H27N3O3. The molecule has 1 saturated heterocycles. The number of rotatable bonds is 6. The van der Waals surface area contributed by atoms with E-state index < -0.39 is 6.09 Å². The minimum atomic E-state index is -0.404. The van der Waals surface area contributed by atoms with Crippen molar-refractivity contribution >= 4 is 12.0 Å². The number of nitrogens with zero attached hydrogens (tertiary/aromatic N) is 3. The summed E-state index contributed by atoms with van der Waals surface area (Å²) in [5.74, 6) is 0.702. The summed E-state index contributed by atoms with van der Waals surface area (Å²) in [6.45, 7) is 8.01. The van der Waals surface area contributed by atoms with Gasteiger partial charge in [-0.15, -0.1) is 6.58 Å². The van der Waals surface area contributed by atoms with Crippen LogP contribution in [0.5, 0.6) is 5.75 Å². The maximum absolute atomic E-state index is 12.3. The Morgan fingerprint density at radius 1 is 1.16 bits per heavy atom. The van der Waals surface area contributed by atoms with E-state index in [9.17, 15) is 9.59 Å². The zero-order chi connectivity index (χ0) is 18.2. The number of hydrogen-bond donors (Lipinski definition) is 0. The van der Waals surface area contributed by atoms with Crippen molar-refractivity contribution in [3.05, 3.63) is 42.5 Å². The first-order valence-electron chi connectivity index (χ1n) is 8.58. The average molecular weight is 345 g/mol. The summed E-state index contributed by atoms with van der Waals surface area (Å²) in [5.41, 5.74) is 1.06. The molecule has 25 heavy (non-hydrogen) atoms. The summed E-state index contributed by atoms with van der Waals surface area (Å²) in [6, 6.07) is 7.31. The summed E-state index contributed by atoms with van der Waals surface area (Å²) in [4.78, 5) is 29.4. The molecule has 0 atom stereocenters. The van der Waals surface area contributed by atoms with Crippen LogP contribution in [0, 0.1) is 0 Å². The largest absolute Gasteiger partial charge is 0.414 e. The number of ether oxygens (including phenoxy) is 1. The lowest BCUT2D eigenvalue weighted by Crippen LogP contribution is -2.48. The van der Waals surface area contributed by atoms with Crippen molar-refractivity contribution in [2.45, 2.75) is 12.8 Å². The van der Waals surface area contributed by atoms with Crippen LogP contribution in [-0.4, -0.2) is 73.5 Å². The van der Waals surface area contributed by atoms with Gasteiger partial charge in [-0.3, -0.25) is 9.69 Å². The van der Waals surface area contributed by atoms with Gasteiger partial charge in [0.15, 0.2) is 0 Å². The van der Waals surface area contributed by atoms with Gasteiger partial charge in [0.2, 0.25) is 5.91 Å². The molecule has 0 bridgehead atoms. The summed E-state index contributed by atoms with van der Waals surface area (Å²) in [7, 11) is 3.28. The van der Waals surface area contributed by atoms with Crippen LogP contribution in [0.25, 0.3) is 0 Å². The molecule has 1 heterocycles. The standard InChI is InChI=1S/C19H27N3O3/c1-4-11-21-12-14-22(15-13-21)18(23)10-7-16-5-8-17(9-6-16)25-19(24)20(2)3/h4-6,8-9H,1,7,10-15H2,2-3H3. The zero-order valence-electron chi connectivity index (χ0n) is 15.1. The molecule has 0 radical (unpaired) electrons. The SMILES string of the molecule is C=CCN1CCN(C(=O)CCc2ccc(OC(=O)N(C)C)cc2)CC1. The Hall–Kier alpha value is -2.34. The number of benzene rings is 1. The maximum atomic E-state index is 12.3. The zero-order valence-corrected chi connectivity index (χ0v) is 15.1. The predicted octanol–water partition coefficient (Wildman–Crippen LogP) is 2.01. The summed E-state index contributed by atoms with van der Waals surface area (Å²) < 4.78 is 5.18. The number of carbonyl (C=O) groups excluding carboxylic acids is 2. The molecule has 0 N–H and O–H groups in total. The van der Waals surface area contributed by atoms with Gasteiger partial charge in [0.1, 0.15) is 5.75 Å². The summed E-state index contributed by atoms with van der Waals surface area (Å²) in [5, 5.41) is 0. The molecule has 0 saturated carbocycles. The van der Waals surface area contributed by atoms with Gasteiger partial charge in [-0.2, -0.15) is 0 Å². The lowest BCUT2D eigenvalue weighted by molar-refractivity contribution is -0.132. The van der Waals surface area contributed by atoms with Gasteiger partial charge < -0.3 is 14.5 Å². The van der Waals surface area contributed by atoms with Gasteiger partial charge in [-0.05, 0) is 24.1 Å². The van der Waals surface area contributed by atoms with Crippen LogP contribution in [-0.2, 0) is 11.2 Å². The minimum absolute atomic E-state index is 0.196. The van der Waals surface area contributed by atoms with Gasteiger partial charge in [-0.25, -0.2) is 4.79 Å². The van der Waals surface area contributed by atoms with Crippen LogP contribution >= 0.6 is 0 Å². The molecule has 6 nitrogen and oxygen atoms in total. The predicted molar refractivity (Wildman–Crippen MR) is 97.7 cm³/mol. The van der Waals surface area contributed by atoms with Gasteiger partial charge >= 0.3 is 6.09 Å². The highest BCUT2D eigenvalue weighted by Gasteiger charge is 2.19. The van der Waals surface area contributed by atoms with Crippen LogP contribution < -0.4 is 4.74 Å². The second kappa shape index (κ2) is 9.22. The van der Waals surface area contributed by atoms with Crippen molar-refractivity contribution in [2.24, 2.45) is 0 Å². The molecular weight excluding hydrogens is 318 g/mol. The Balaban J connectivity index is 1.76. The Bertz CT molecular complexity index is 590. The molecule has 0 aliphatic carbocycles. The fraction of sp³-hybridized carbons (Fsp3) is 0.474. The molecule has 1 aliphatic heterocycles. The molecule has 1 aromatic rings. The van der Waals surface area contributed by atoms with Crippen molar-refractivity contribution in [3.8, 4) is 5.75 Å². The van der Waals surface area contributed by atoms with Gasteiger partial charge in [0.05, 0.1) is 0 Å². The first-order valence-corrected chi connectivity index (χ1v) is 8.58. The van der Waals surface area contributed by atoms with Crippen molar-refractivity contribution < 1.29 is 14.3 Å². The average Bonchev–Trinajstić information content (AvgIpc) is 2.61. The van der Waals surface area contributed by atoms with Gasteiger partial charge in [0, 0.05) is 53.2 Å². The third kappa shape index (κ3) is 5.90. The highest BCUT2D eigenvalue weighted by molar-refractivity contribution is 5.76. The number of carbonyl (C=O) groups is 2. The molecule has 1 aliphatic rings. The van der Waals surface area contributed by atoms with Crippen LogP contribution in [0.4, 0.5) is 4.79 Å². The Morgan fingerprint density at radius 2 is 1.80 bits per heavy atom. The van der Waals surface area contributed by atoms with Gasteiger partial charge in [-0.1, -0.05) is 18.2 Å². The van der Waals surface area contributed by atoms with E-state index in [1.54, 1.807) is 26.2 Å². The lowest BCUT2D eigenvalue weighted by Gasteiger charge is -2.34. The summed E-state index contributed by atoms with van der Waals surface area (Å²) in [6.07, 6.45) is 2.68. The molecule has 0 aromatic heterocycles. The monoisotopic (exact) mass is 345 g/mol. The smallest absolute Gasteiger partial charge is 0.410 e. The maximum Gasteiger partial charge on any atom is 0.414 e. The normalized spacial score (nSPS) is 14.9. The van der Waals surface area contributed by atoms with Crippen LogP contribution in [0.3, 0.4) is 0 Å². The van der Waals surface area contributed by atoms with Crippen molar-refractivity contribution in [1.82, 2.24) is 14.7 Å². The molecule has 0 unspecified atom stereocenters. The van der Waals surface area contributed by atoms with E-state index in [0.29, 0.717) is 18.6 Å². The van der Waals surface area contributed by atoms with E-state index in [-0.39, 0.29) is 5.91 Å².